The van der Waals surface area contributed by atoms with Crippen molar-refractivity contribution in [2.24, 2.45) is 5.41 Å². The summed E-state index contributed by atoms with van der Waals surface area (Å²) in [5, 5.41) is 19.3. The van der Waals surface area contributed by atoms with Crippen LogP contribution >= 0.6 is 0 Å². The Morgan fingerprint density at radius 1 is 0.864 bits per heavy atom. The van der Waals surface area contributed by atoms with Gasteiger partial charge < -0.3 is 19.7 Å². The van der Waals surface area contributed by atoms with Gasteiger partial charge >= 0.3 is 0 Å². The van der Waals surface area contributed by atoms with Crippen LogP contribution in [0.1, 0.15) is 74.7 Å². The van der Waals surface area contributed by atoms with Gasteiger partial charge in [0.2, 0.25) is 0 Å². The van der Waals surface area contributed by atoms with E-state index in [1.165, 1.54) is 0 Å². The van der Waals surface area contributed by atoms with Crippen LogP contribution in [-0.4, -0.2) is 46.8 Å². The predicted octanol–water partition coefficient (Wildman–Crippen LogP) is 3.54. The molecule has 0 fully saturated rings. The SMILES string of the molecule is CCC(C)(CO)OCCC(C)(CC)C(C)(C)OCC(C)(C)O. The molecule has 2 N–H and O–H groups in total. The minimum absolute atomic E-state index is 0.0327. The van der Waals surface area contributed by atoms with Gasteiger partial charge in [0.25, 0.3) is 0 Å². The fraction of sp³-hybridized carbons (Fsp3) is 1.00. The van der Waals surface area contributed by atoms with Crippen molar-refractivity contribution in [3.05, 3.63) is 0 Å². The van der Waals surface area contributed by atoms with Crippen LogP contribution in [0.5, 0.6) is 0 Å². The molecule has 2 atom stereocenters. The molecule has 2 unspecified atom stereocenters. The summed E-state index contributed by atoms with van der Waals surface area (Å²) in [6, 6.07) is 0. The Kier molecular flexibility index (Phi) is 8.03. The minimum atomic E-state index is -0.833. The third-order valence-corrected chi connectivity index (χ3v) is 5.21. The standard InChI is InChI=1S/C18H38O4/c1-9-17(7,11-12-21-18(8,10-2)13-19)16(5,6)22-14-15(3,4)20/h19-20H,9-14H2,1-8H3. The number of ether oxygens (including phenoxy) is 2. The van der Waals surface area contributed by atoms with Crippen molar-refractivity contribution in [1.29, 1.82) is 0 Å². The van der Waals surface area contributed by atoms with Crippen LogP contribution in [0, 0.1) is 5.41 Å². The highest BCUT2D eigenvalue weighted by Gasteiger charge is 2.41. The van der Waals surface area contributed by atoms with Gasteiger partial charge in [0.05, 0.1) is 30.0 Å². The van der Waals surface area contributed by atoms with Gasteiger partial charge in [-0.25, -0.2) is 0 Å². The maximum atomic E-state index is 9.89. The molecule has 0 aliphatic carbocycles. The van der Waals surface area contributed by atoms with Crippen LogP contribution in [-0.2, 0) is 9.47 Å². The molecule has 0 aromatic rings. The Bertz CT molecular complexity index is 316. The molecule has 0 saturated heterocycles. The molecule has 22 heavy (non-hydrogen) atoms. The molecule has 0 aromatic carbocycles. The number of rotatable bonds is 11. The van der Waals surface area contributed by atoms with E-state index in [9.17, 15) is 10.2 Å². The van der Waals surface area contributed by atoms with Crippen molar-refractivity contribution < 1.29 is 19.7 Å². The van der Waals surface area contributed by atoms with Crippen molar-refractivity contribution in [2.75, 3.05) is 19.8 Å². The molecule has 0 radical (unpaired) electrons. The van der Waals surface area contributed by atoms with Gasteiger partial charge in [0.15, 0.2) is 0 Å². The van der Waals surface area contributed by atoms with E-state index in [1.807, 2.05) is 13.8 Å². The fourth-order valence-electron chi connectivity index (χ4n) is 2.22. The first-order valence-corrected chi connectivity index (χ1v) is 8.46. The second-order valence-electron chi connectivity index (χ2n) is 8.09. The van der Waals surface area contributed by atoms with E-state index in [0.717, 1.165) is 19.3 Å². The van der Waals surface area contributed by atoms with Crippen LogP contribution in [0.2, 0.25) is 0 Å². The molecule has 0 aliphatic rings. The lowest BCUT2D eigenvalue weighted by molar-refractivity contribution is -0.158. The van der Waals surface area contributed by atoms with E-state index in [4.69, 9.17) is 9.47 Å². The Labute approximate surface area is 137 Å². The van der Waals surface area contributed by atoms with E-state index in [2.05, 4.69) is 27.7 Å². The van der Waals surface area contributed by atoms with Crippen molar-refractivity contribution in [2.45, 2.75) is 91.5 Å². The highest BCUT2D eigenvalue weighted by molar-refractivity contribution is 4.91. The summed E-state index contributed by atoms with van der Waals surface area (Å²) in [5.74, 6) is 0. The molecular formula is C18H38O4. The van der Waals surface area contributed by atoms with Crippen molar-refractivity contribution in [3.63, 3.8) is 0 Å². The molecule has 0 spiro atoms. The molecule has 0 amide bonds. The lowest BCUT2D eigenvalue weighted by atomic mass is 9.71. The summed E-state index contributed by atoms with van der Waals surface area (Å²) in [4.78, 5) is 0. The maximum absolute atomic E-state index is 9.89. The summed E-state index contributed by atoms with van der Waals surface area (Å²) in [6.07, 6.45) is 2.58. The number of aliphatic hydroxyl groups excluding tert-OH is 1. The zero-order valence-corrected chi connectivity index (χ0v) is 16.0. The first-order valence-electron chi connectivity index (χ1n) is 8.46. The maximum Gasteiger partial charge on any atom is 0.0881 e. The zero-order chi connectivity index (χ0) is 17.7. The quantitative estimate of drug-likeness (QED) is 0.612. The monoisotopic (exact) mass is 318 g/mol. The van der Waals surface area contributed by atoms with Crippen molar-refractivity contribution >= 4 is 0 Å². The average molecular weight is 318 g/mol. The summed E-state index contributed by atoms with van der Waals surface area (Å²) < 4.78 is 11.9. The van der Waals surface area contributed by atoms with Gasteiger partial charge in [-0.05, 0) is 59.3 Å². The molecule has 0 bridgehead atoms. The largest absolute Gasteiger partial charge is 0.393 e. The van der Waals surface area contributed by atoms with Crippen LogP contribution in [0.15, 0.2) is 0 Å². The van der Waals surface area contributed by atoms with E-state index >= 15 is 0 Å². The molecule has 0 saturated carbocycles. The van der Waals surface area contributed by atoms with E-state index in [1.54, 1.807) is 13.8 Å². The van der Waals surface area contributed by atoms with Crippen LogP contribution in [0.4, 0.5) is 0 Å². The van der Waals surface area contributed by atoms with Gasteiger partial charge in [-0.3, -0.25) is 0 Å². The Morgan fingerprint density at radius 2 is 1.41 bits per heavy atom. The average Bonchev–Trinajstić information content (AvgIpc) is 2.44. The van der Waals surface area contributed by atoms with E-state index < -0.39 is 11.2 Å². The number of aliphatic hydroxyl groups is 2. The zero-order valence-electron chi connectivity index (χ0n) is 16.0. The highest BCUT2D eigenvalue weighted by Crippen LogP contribution is 2.41. The first kappa shape index (κ1) is 21.8. The summed E-state index contributed by atoms with van der Waals surface area (Å²) in [6.45, 7) is 16.9. The third-order valence-electron chi connectivity index (χ3n) is 5.21. The molecule has 4 nitrogen and oxygen atoms in total. The molecule has 0 heterocycles. The number of hydrogen-bond acceptors (Lipinski definition) is 4. The summed E-state index contributed by atoms with van der Waals surface area (Å²) >= 11 is 0. The van der Waals surface area contributed by atoms with Crippen LogP contribution < -0.4 is 0 Å². The lowest BCUT2D eigenvalue weighted by Crippen LogP contribution is -2.47. The highest BCUT2D eigenvalue weighted by atomic mass is 16.5. The Hall–Kier alpha value is -0.160. The fourth-order valence-corrected chi connectivity index (χ4v) is 2.22. The summed E-state index contributed by atoms with van der Waals surface area (Å²) in [5.41, 5.74) is -1.73. The smallest absolute Gasteiger partial charge is 0.0881 e. The first-order chi connectivity index (χ1) is 9.85. The second-order valence-corrected chi connectivity index (χ2v) is 8.09. The van der Waals surface area contributed by atoms with E-state index in [0.29, 0.717) is 13.2 Å². The molecule has 0 aromatic heterocycles. The Balaban J connectivity index is 4.74. The van der Waals surface area contributed by atoms with Gasteiger partial charge in [-0.2, -0.15) is 0 Å². The van der Waals surface area contributed by atoms with Gasteiger partial charge in [-0.1, -0.05) is 20.8 Å². The van der Waals surface area contributed by atoms with Gasteiger partial charge in [0.1, 0.15) is 0 Å². The van der Waals surface area contributed by atoms with E-state index in [-0.39, 0.29) is 17.6 Å². The molecule has 134 valence electrons. The Morgan fingerprint density at radius 3 is 1.77 bits per heavy atom. The topological polar surface area (TPSA) is 58.9 Å². The molecule has 0 rings (SSSR count). The normalized spacial score (nSPS) is 18.8. The lowest BCUT2D eigenvalue weighted by Gasteiger charge is -2.45. The van der Waals surface area contributed by atoms with Crippen LogP contribution in [0.3, 0.4) is 0 Å². The molecule has 4 heteroatoms. The summed E-state index contributed by atoms with van der Waals surface area (Å²) in [7, 11) is 0. The predicted molar refractivity (Wildman–Crippen MR) is 91.1 cm³/mol. The van der Waals surface area contributed by atoms with Gasteiger partial charge in [-0.15, -0.1) is 0 Å². The molecule has 0 aliphatic heterocycles. The second kappa shape index (κ2) is 8.09. The van der Waals surface area contributed by atoms with Crippen molar-refractivity contribution in [3.8, 4) is 0 Å². The number of hydrogen-bond donors (Lipinski definition) is 2. The van der Waals surface area contributed by atoms with Crippen molar-refractivity contribution in [1.82, 2.24) is 0 Å². The third kappa shape index (κ3) is 6.53. The minimum Gasteiger partial charge on any atom is -0.393 e. The van der Waals surface area contributed by atoms with Crippen LogP contribution in [0.25, 0.3) is 0 Å². The van der Waals surface area contributed by atoms with Gasteiger partial charge in [0, 0.05) is 6.61 Å². The molecular weight excluding hydrogens is 280 g/mol.